The minimum Gasteiger partial charge on any atom is -0.391 e. The minimum absolute atomic E-state index is 0.0474. The van der Waals surface area contributed by atoms with Crippen LogP contribution >= 0.6 is 0 Å². The van der Waals surface area contributed by atoms with Gasteiger partial charge in [-0.2, -0.15) is 0 Å². The molecule has 10 nitrogen and oxygen atoms in total. The Labute approximate surface area is 123 Å². The highest BCUT2D eigenvalue weighted by Crippen LogP contribution is 2.38. The van der Waals surface area contributed by atoms with E-state index in [2.05, 4.69) is 15.3 Å². The zero-order valence-corrected chi connectivity index (χ0v) is 11.7. The van der Waals surface area contributed by atoms with E-state index >= 15 is 0 Å². The van der Waals surface area contributed by atoms with Crippen molar-refractivity contribution in [2.45, 2.75) is 31.4 Å². The minimum atomic E-state index is -1.52. The number of aryl methyl sites for hydroxylation is 1. The molecule has 0 amide bonds. The van der Waals surface area contributed by atoms with Gasteiger partial charge in [0.25, 0.3) is 5.56 Å². The van der Waals surface area contributed by atoms with Crippen LogP contribution in [0.5, 0.6) is 0 Å². The maximum absolute atomic E-state index is 11.9. The second-order valence-corrected chi connectivity index (χ2v) is 5.15. The third-order valence-electron chi connectivity index (χ3n) is 3.78. The molecule has 118 valence electrons. The third-order valence-corrected chi connectivity index (χ3v) is 3.78. The van der Waals surface area contributed by atoms with Crippen LogP contribution in [0, 0.1) is 6.92 Å². The summed E-state index contributed by atoms with van der Waals surface area (Å²) in [4.78, 5) is 25.5. The Morgan fingerprint density at radius 1 is 1.55 bits per heavy atom. The average molecular weight is 309 g/mol. The molecule has 0 saturated carbocycles. The average Bonchev–Trinajstić information content (AvgIpc) is 3.11. The van der Waals surface area contributed by atoms with E-state index in [0.29, 0.717) is 5.56 Å². The Morgan fingerprint density at radius 3 is 2.95 bits per heavy atom. The van der Waals surface area contributed by atoms with Gasteiger partial charge in [0, 0.05) is 24.4 Å². The number of hydrogen-bond donors (Lipinski definition) is 3. The van der Waals surface area contributed by atoms with Crippen LogP contribution in [0.2, 0.25) is 0 Å². The summed E-state index contributed by atoms with van der Waals surface area (Å²) >= 11 is 0. The number of ether oxygens (including phenoxy) is 1. The van der Waals surface area contributed by atoms with Gasteiger partial charge in [0.1, 0.15) is 12.3 Å². The van der Waals surface area contributed by atoms with Crippen LogP contribution in [0.3, 0.4) is 0 Å². The Kier molecular flexibility index (Phi) is 3.43. The van der Waals surface area contributed by atoms with Crippen LogP contribution in [-0.4, -0.2) is 47.5 Å². The summed E-state index contributed by atoms with van der Waals surface area (Å²) in [7, 11) is 0. The first-order valence-corrected chi connectivity index (χ1v) is 6.63. The van der Waals surface area contributed by atoms with E-state index in [1.165, 1.54) is 27.8 Å². The fourth-order valence-corrected chi connectivity index (χ4v) is 2.54. The number of nitrogens with zero attached hydrogens (tertiary/aromatic N) is 4. The zero-order valence-electron chi connectivity index (χ0n) is 11.7. The number of aliphatic hydroxyl groups is 2. The second kappa shape index (κ2) is 5.16. The van der Waals surface area contributed by atoms with Gasteiger partial charge in [-0.05, 0) is 6.92 Å². The number of hydrogen-bond acceptors (Lipinski definition) is 7. The van der Waals surface area contributed by atoms with Gasteiger partial charge in [0.15, 0.2) is 0 Å². The van der Waals surface area contributed by atoms with Crippen LogP contribution in [-0.2, 0) is 10.5 Å². The molecule has 3 N–H and O–H groups in total. The second-order valence-electron chi connectivity index (χ2n) is 5.15. The molecule has 0 radical (unpaired) electrons. The van der Waals surface area contributed by atoms with Crippen molar-refractivity contribution in [1.82, 2.24) is 24.5 Å². The monoisotopic (exact) mass is 309 g/mol. The number of H-pyrrole nitrogens is 1. The molecule has 3 atom stereocenters. The number of aliphatic hydroxyl groups excluding tert-OH is 2. The van der Waals surface area contributed by atoms with E-state index < -0.39 is 35.9 Å². The van der Waals surface area contributed by atoms with Gasteiger partial charge in [-0.3, -0.25) is 14.3 Å². The molecule has 10 heteroatoms. The summed E-state index contributed by atoms with van der Waals surface area (Å²) < 4.78 is 8.10. The normalized spacial score (nSPS) is 28.1. The summed E-state index contributed by atoms with van der Waals surface area (Å²) in [6, 6.07) is 0. The van der Waals surface area contributed by atoms with Gasteiger partial charge in [-0.25, -0.2) is 9.48 Å². The fourth-order valence-electron chi connectivity index (χ4n) is 2.54. The van der Waals surface area contributed by atoms with Crippen molar-refractivity contribution in [1.29, 1.82) is 0 Å². The van der Waals surface area contributed by atoms with Gasteiger partial charge < -0.3 is 14.9 Å². The van der Waals surface area contributed by atoms with Gasteiger partial charge >= 0.3 is 5.69 Å². The van der Waals surface area contributed by atoms with Crippen LogP contribution < -0.4 is 11.2 Å². The smallest absolute Gasteiger partial charge is 0.330 e. The summed E-state index contributed by atoms with van der Waals surface area (Å²) in [5.41, 5.74) is -2.32. The van der Waals surface area contributed by atoms with Crippen molar-refractivity contribution in [2.75, 3.05) is 6.61 Å². The quantitative estimate of drug-likeness (QED) is 0.600. The summed E-state index contributed by atoms with van der Waals surface area (Å²) in [6.45, 7) is 1.00. The Morgan fingerprint density at radius 2 is 2.32 bits per heavy atom. The molecule has 2 aromatic rings. The van der Waals surface area contributed by atoms with E-state index in [1.54, 1.807) is 6.92 Å². The van der Waals surface area contributed by atoms with Crippen molar-refractivity contribution in [3.05, 3.63) is 45.0 Å². The maximum Gasteiger partial charge on any atom is 0.330 e. The van der Waals surface area contributed by atoms with Gasteiger partial charge in [0.05, 0.1) is 12.8 Å². The highest BCUT2D eigenvalue weighted by molar-refractivity contribution is 5.02. The van der Waals surface area contributed by atoms with Crippen LogP contribution in [0.15, 0.2) is 28.2 Å². The van der Waals surface area contributed by atoms with Crippen molar-refractivity contribution in [3.8, 4) is 0 Å². The highest BCUT2D eigenvalue weighted by Gasteiger charge is 2.51. The van der Waals surface area contributed by atoms with E-state index in [4.69, 9.17) is 4.74 Å². The van der Waals surface area contributed by atoms with Gasteiger partial charge in [-0.1, -0.05) is 5.21 Å². The molecule has 3 heterocycles. The van der Waals surface area contributed by atoms with Crippen molar-refractivity contribution in [2.24, 2.45) is 0 Å². The first-order chi connectivity index (χ1) is 10.5. The molecule has 1 fully saturated rings. The largest absolute Gasteiger partial charge is 0.391 e. The van der Waals surface area contributed by atoms with Crippen molar-refractivity contribution in [3.63, 3.8) is 0 Å². The number of aromatic nitrogens is 5. The Hall–Kier alpha value is -2.30. The van der Waals surface area contributed by atoms with Crippen LogP contribution in [0.1, 0.15) is 18.2 Å². The Bertz CT molecular complexity index is 782. The molecule has 3 rings (SSSR count). The van der Waals surface area contributed by atoms with E-state index in [0.717, 1.165) is 0 Å². The first kappa shape index (κ1) is 14.6. The fraction of sp³-hybridized carbons (Fsp3) is 0.500. The lowest BCUT2D eigenvalue weighted by Crippen LogP contribution is -2.46. The molecule has 0 aliphatic carbocycles. The summed E-state index contributed by atoms with van der Waals surface area (Å²) in [5, 5.41) is 27.3. The molecule has 1 aliphatic heterocycles. The predicted octanol–water partition coefficient (Wildman–Crippen LogP) is -1.94. The van der Waals surface area contributed by atoms with Crippen LogP contribution in [0.25, 0.3) is 0 Å². The van der Waals surface area contributed by atoms with Gasteiger partial charge in [0.2, 0.25) is 5.72 Å². The van der Waals surface area contributed by atoms with E-state index in [9.17, 15) is 19.8 Å². The molecule has 0 spiro atoms. The van der Waals surface area contributed by atoms with E-state index in [-0.39, 0.29) is 6.42 Å². The lowest BCUT2D eigenvalue weighted by molar-refractivity contribution is -0.187. The molecular formula is C12H15N5O5. The molecule has 1 aliphatic rings. The SMILES string of the molecule is Cc1cn([C@H]2C[C@H](O)[C@](CO)(n3ccnn3)O2)c(=O)[nH]c1=O. The lowest BCUT2D eigenvalue weighted by Gasteiger charge is -2.29. The topological polar surface area (TPSA) is 135 Å². The van der Waals surface area contributed by atoms with E-state index in [1.807, 2.05) is 0 Å². The molecule has 0 unspecified atom stereocenters. The van der Waals surface area contributed by atoms with Gasteiger partial charge in [-0.15, -0.1) is 5.10 Å². The summed E-state index contributed by atoms with van der Waals surface area (Å²) in [5.74, 6) is 0. The predicted molar refractivity (Wildman–Crippen MR) is 71.9 cm³/mol. The molecule has 0 bridgehead atoms. The Balaban J connectivity index is 2.02. The number of aromatic amines is 1. The zero-order chi connectivity index (χ0) is 15.9. The molecule has 2 aromatic heterocycles. The molecule has 1 saturated heterocycles. The van der Waals surface area contributed by atoms with Crippen LogP contribution in [0.4, 0.5) is 0 Å². The maximum atomic E-state index is 11.9. The highest BCUT2D eigenvalue weighted by atomic mass is 16.6. The summed E-state index contributed by atoms with van der Waals surface area (Å²) in [6.07, 6.45) is 2.27. The first-order valence-electron chi connectivity index (χ1n) is 6.63. The third kappa shape index (κ3) is 2.08. The lowest BCUT2D eigenvalue weighted by atomic mass is 10.1. The molecule has 22 heavy (non-hydrogen) atoms. The number of rotatable bonds is 3. The molecule has 0 aromatic carbocycles. The van der Waals surface area contributed by atoms with Crippen molar-refractivity contribution < 1.29 is 14.9 Å². The number of nitrogens with one attached hydrogen (secondary N) is 1. The van der Waals surface area contributed by atoms with Crippen molar-refractivity contribution >= 4 is 0 Å². The standard InChI is InChI=1S/C12H15N5O5/c1-7-5-16(11(21)14-10(7)20)9-4-8(19)12(6-18,22-9)17-3-2-13-15-17/h2-3,5,8-9,18-19H,4,6H2,1H3,(H,14,20,21)/t8-,9+,12+/m0/s1. The molecular weight excluding hydrogens is 294 g/mol.